The van der Waals surface area contributed by atoms with Crippen molar-refractivity contribution in [2.24, 2.45) is 29.1 Å². The third-order valence-corrected chi connectivity index (χ3v) is 9.58. The summed E-state index contributed by atoms with van der Waals surface area (Å²) in [5.74, 6) is 2.17. The summed E-state index contributed by atoms with van der Waals surface area (Å²) < 4.78 is 5.56. The number of esters is 1. The van der Waals surface area contributed by atoms with Crippen LogP contribution in [0.2, 0.25) is 0 Å². The highest BCUT2D eigenvalue weighted by atomic mass is 16.5. The first-order chi connectivity index (χ1) is 14.1. The maximum atomic E-state index is 13.7. The molecule has 0 amide bonds. The minimum Gasteiger partial charge on any atom is -0.508 e. The number of benzene rings is 1. The second-order valence-corrected chi connectivity index (χ2v) is 11.0. The average Bonchev–Trinajstić information content (AvgIpc) is 2.96. The van der Waals surface area contributed by atoms with Crippen molar-refractivity contribution in [1.29, 1.82) is 0 Å². The number of carbonyl (C=O) groups excluding carboxylic acids is 2. The molecule has 3 fully saturated rings. The Morgan fingerprint density at radius 1 is 1.13 bits per heavy atom. The van der Waals surface area contributed by atoms with E-state index in [0.29, 0.717) is 35.7 Å². The molecule has 4 heteroatoms. The predicted molar refractivity (Wildman–Crippen MR) is 114 cm³/mol. The highest BCUT2D eigenvalue weighted by Gasteiger charge is 2.63. The molecule has 30 heavy (non-hydrogen) atoms. The molecule has 0 radical (unpaired) electrons. The Morgan fingerprint density at radius 2 is 1.90 bits per heavy atom. The summed E-state index contributed by atoms with van der Waals surface area (Å²) in [7, 11) is 0. The van der Waals surface area contributed by atoms with E-state index in [1.807, 2.05) is 13.0 Å². The van der Waals surface area contributed by atoms with Crippen LogP contribution in [0.5, 0.6) is 5.75 Å². The van der Waals surface area contributed by atoms with Gasteiger partial charge in [-0.15, -0.1) is 0 Å². The summed E-state index contributed by atoms with van der Waals surface area (Å²) in [5, 5.41) is 10.8. The number of phenolic OH excluding ortho intramolecular Hbond substituents is 1. The number of carbonyl (C=O) groups is 2. The van der Waals surface area contributed by atoms with E-state index in [-0.39, 0.29) is 23.4 Å². The molecular weight excluding hydrogens is 376 g/mol. The molecule has 1 aromatic carbocycles. The molecule has 7 unspecified atom stereocenters. The summed E-state index contributed by atoms with van der Waals surface area (Å²) in [6, 6.07) is 4.00. The Bertz CT molecular complexity index is 920. The SMILES string of the molecule is CC(=O)OC1CCC2(C)C(CCC3C4Cc5cc(C)cc(O)c5C4(C)C(=O)CC32)C1. The standard InChI is InChI=1S/C26H34O4/c1-14-9-16-11-21-19-6-5-17-12-18(30-15(2)27)7-8-25(17,3)20(19)13-23(29)26(21,4)24(16)22(28)10-14/h9-10,17-21,28H,5-8,11-13H2,1-4H3. The molecule has 3 saturated carbocycles. The van der Waals surface area contributed by atoms with E-state index in [9.17, 15) is 14.7 Å². The third-order valence-electron chi connectivity index (χ3n) is 9.58. The van der Waals surface area contributed by atoms with Crippen molar-refractivity contribution in [2.75, 3.05) is 0 Å². The van der Waals surface area contributed by atoms with Gasteiger partial charge in [0.25, 0.3) is 0 Å². The second kappa shape index (κ2) is 6.58. The number of fused-ring (bicyclic) bond motifs is 7. The van der Waals surface area contributed by atoms with Crippen molar-refractivity contribution in [2.45, 2.75) is 84.2 Å². The monoisotopic (exact) mass is 410 g/mol. The fourth-order valence-corrected chi connectivity index (χ4v) is 8.17. The first-order valence-electron chi connectivity index (χ1n) is 11.7. The summed E-state index contributed by atoms with van der Waals surface area (Å²) in [4.78, 5) is 25.2. The summed E-state index contributed by atoms with van der Waals surface area (Å²) in [6.07, 6.45) is 6.74. The van der Waals surface area contributed by atoms with Gasteiger partial charge in [0.1, 0.15) is 17.6 Å². The largest absolute Gasteiger partial charge is 0.508 e. The highest BCUT2D eigenvalue weighted by molar-refractivity contribution is 5.93. The van der Waals surface area contributed by atoms with E-state index in [0.717, 1.165) is 49.7 Å². The van der Waals surface area contributed by atoms with Crippen molar-refractivity contribution in [3.8, 4) is 5.75 Å². The van der Waals surface area contributed by atoms with Gasteiger partial charge in [0.05, 0.1) is 5.41 Å². The zero-order chi connectivity index (χ0) is 21.4. The number of aromatic hydroxyl groups is 1. The molecule has 162 valence electrons. The topological polar surface area (TPSA) is 63.6 Å². The van der Waals surface area contributed by atoms with Crippen molar-refractivity contribution < 1.29 is 19.4 Å². The fourth-order valence-electron chi connectivity index (χ4n) is 8.17. The molecule has 0 bridgehead atoms. The van der Waals surface area contributed by atoms with Gasteiger partial charge < -0.3 is 9.84 Å². The fraction of sp³-hybridized carbons (Fsp3) is 0.692. The van der Waals surface area contributed by atoms with Gasteiger partial charge in [0.2, 0.25) is 0 Å². The Labute approximate surface area is 179 Å². The third kappa shape index (κ3) is 2.64. The molecule has 0 saturated heterocycles. The molecule has 7 atom stereocenters. The van der Waals surface area contributed by atoms with Crippen molar-refractivity contribution in [3.05, 3.63) is 28.8 Å². The van der Waals surface area contributed by atoms with E-state index in [4.69, 9.17) is 4.74 Å². The summed E-state index contributed by atoms with van der Waals surface area (Å²) >= 11 is 0. The average molecular weight is 411 g/mol. The van der Waals surface area contributed by atoms with Crippen molar-refractivity contribution in [1.82, 2.24) is 0 Å². The molecule has 4 aliphatic rings. The molecule has 1 aromatic rings. The lowest BCUT2D eigenvalue weighted by Crippen LogP contribution is -2.57. The van der Waals surface area contributed by atoms with Crippen LogP contribution in [0.3, 0.4) is 0 Å². The number of hydrogen-bond acceptors (Lipinski definition) is 4. The molecule has 4 nitrogen and oxygen atoms in total. The number of aryl methyl sites for hydroxylation is 1. The van der Waals surface area contributed by atoms with Crippen LogP contribution in [0.25, 0.3) is 0 Å². The number of phenols is 1. The van der Waals surface area contributed by atoms with Gasteiger partial charge in [-0.1, -0.05) is 13.0 Å². The smallest absolute Gasteiger partial charge is 0.302 e. The molecule has 0 aliphatic heterocycles. The van der Waals surface area contributed by atoms with Crippen LogP contribution in [0, 0.1) is 36.0 Å². The Hall–Kier alpha value is -1.84. The zero-order valence-electron chi connectivity index (χ0n) is 18.7. The number of rotatable bonds is 1. The lowest BCUT2D eigenvalue weighted by Gasteiger charge is -2.59. The first kappa shape index (κ1) is 20.1. The molecule has 0 aromatic heterocycles. The Balaban J connectivity index is 1.48. The van der Waals surface area contributed by atoms with Crippen LogP contribution in [0.4, 0.5) is 0 Å². The van der Waals surface area contributed by atoms with Crippen molar-refractivity contribution >= 4 is 11.8 Å². The molecule has 4 aliphatic carbocycles. The molecule has 0 spiro atoms. The lowest BCUT2D eigenvalue weighted by atomic mass is 9.44. The highest BCUT2D eigenvalue weighted by Crippen LogP contribution is 2.65. The minimum atomic E-state index is -0.549. The van der Waals surface area contributed by atoms with Crippen molar-refractivity contribution in [3.63, 3.8) is 0 Å². The molecule has 0 heterocycles. The molecular formula is C26H34O4. The quantitative estimate of drug-likeness (QED) is 0.671. The minimum absolute atomic E-state index is 0.0392. The normalized spacial score (nSPS) is 42.0. The van der Waals surface area contributed by atoms with E-state index in [2.05, 4.69) is 19.9 Å². The maximum absolute atomic E-state index is 13.7. The van der Waals surface area contributed by atoms with Crippen LogP contribution in [0.1, 0.15) is 76.0 Å². The van der Waals surface area contributed by atoms with Crippen LogP contribution in [0.15, 0.2) is 12.1 Å². The second-order valence-electron chi connectivity index (χ2n) is 11.0. The zero-order valence-corrected chi connectivity index (χ0v) is 18.7. The summed E-state index contributed by atoms with van der Waals surface area (Å²) in [5.41, 5.74) is 2.75. The number of ketones is 1. The van der Waals surface area contributed by atoms with Gasteiger partial charge in [-0.05, 0) is 98.7 Å². The maximum Gasteiger partial charge on any atom is 0.302 e. The van der Waals surface area contributed by atoms with Gasteiger partial charge in [0.15, 0.2) is 0 Å². The number of Topliss-reactive ketones (excluding diaryl/α,β-unsaturated/α-hetero) is 1. The van der Waals surface area contributed by atoms with Crippen LogP contribution in [-0.4, -0.2) is 23.0 Å². The van der Waals surface area contributed by atoms with Crippen LogP contribution >= 0.6 is 0 Å². The molecule has 5 rings (SSSR count). The van der Waals surface area contributed by atoms with E-state index in [1.165, 1.54) is 12.5 Å². The number of ether oxygens (including phenoxy) is 1. The number of hydrogen-bond donors (Lipinski definition) is 1. The van der Waals surface area contributed by atoms with Gasteiger partial charge in [-0.2, -0.15) is 0 Å². The Kier molecular flexibility index (Phi) is 4.40. The van der Waals surface area contributed by atoms with E-state index >= 15 is 0 Å². The van der Waals surface area contributed by atoms with Crippen LogP contribution in [-0.2, 0) is 26.2 Å². The van der Waals surface area contributed by atoms with E-state index in [1.54, 1.807) is 0 Å². The van der Waals surface area contributed by atoms with Gasteiger partial charge in [-0.3, -0.25) is 9.59 Å². The van der Waals surface area contributed by atoms with Gasteiger partial charge >= 0.3 is 5.97 Å². The predicted octanol–water partition coefficient (Wildman–Crippen LogP) is 4.87. The van der Waals surface area contributed by atoms with Gasteiger partial charge in [0, 0.05) is 18.9 Å². The van der Waals surface area contributed by atoms with Gasteiger partial charge in [-0.25, -0.2) is 0 Å². The summed E-state index contributed by atoms with van der Waals surface area (Å²) in [6.45, 7) is 8.02. The lowest BCUT2D eigenvalue weighted by molar-refractivity contribution is -0.160. The van der Waals surface area contributed by atoms with E-state index < -0.39 is 5.41 Å². The molecule has 1 N–H and O–H groups in total. The first-order valence-corrected chi connectivity index (χ1v) is 11.7. The van der Waals surface area contributed by atoms with Crippen LogP contribution < -0.4 is 0 Å². The Morgan fingerprint density at radius 3 is 2.63 bits per heavy atom.